The summed E-state index contributed by atoms with van der Waals surface area (Å²) in [6, 6.07) is 0. The summed E-state index contributed by atoms with van der Waals surface area (Å²) in [5.41, 5.74) is 0. The van der Waals surface area contributed by atoms with Gasteiger partial charge in [-0.25, -0.2) is 0 Å². The second-order valence-electron chi connectivity index (χ2n) is 10.4. The molecule has 0 heterocycles. The number of hydrogen-bond donors (Lipinski definition) is 3. The van der Waals surface area contributed by atoms with Gasteiger partial charge in [0.25, 0.3) is 0 Å². The van der Waals surface area contributed by atoms with Crippen molar-refractivity contribution < 1.29 is 15.3 Å². The Bertz CT molecular complexity index is 339. The van der Waals surface area contributed by atoms with Crippen LogP contribution in [0.4, 0.5) is 0 Å². The Hall–Kier alpha value is -0.160. The molecule has 0 aromatic heterocycles. The molecule has 4 nitrogen and oxygen atoms in total. The summed E-state index contributed by atoms with van der Waals surface area (Å²) >= 11 is 0. The van der Waals surface area contributed by atoms with Crippen molar-refractivity contribution in [1.82, 2.24) is 4.90 Å². The van der Waals surface area contributed by atoms with Gasteiger partial charge in [0.1, 0.15) is 0 Å². The smallest absolute Gasteiger partial charge is 0.0667 e. The van der Waals surface area contributed by atoms with Crippen molar-refractivity contribution >= 4 is 0 Å². The first-order valence-corrected chi connectivity index (χ1v) is 14.8. The van der Waals surface area contributed by atoms with Crippen LogP contribution in [0.3, 0.4) is 0 Å². The summed E-state index contributed by atoms with van der Waals surface area (Å²) in [5.74, 6) is 0. The molecule has 0 rings (SSSR count). The molecule has 200 valence electrons. The minimum Gasteiger partial charge on any atom is -0.396 e. The molecule has 0 bridgehead atoms. The zero-order valence-electron chi connectivity index (χ0n) is 22.6. The Morgan fingerprint density at radius 2 is 0.848 bits per heavy atom. The van der Waals surface area contributed by atoms with Crippen molar-refractivity contribution in [3.63, 3.8) is 0 Å². The molecule has 2 unspecified atom stereocenters. The minimum absolute atomic E-state index is 0.252. The Balaban J connectivity index is 4.04. The fourth-order valence-corrected chi connectivity index (χ4v) is 4.69. The van der Waals surface area contributed by atoms with Crippen molar-refractivity contribution in [3.8, 4) is 0 Å². The van der Waals surface area contributed by atoms with Crippen LogP contribution >= 0.6 is 0 Å². The summed E-state index contributed by atoms with van der Waals surface area (Å²) in [6.07, 6.45) is 24.7. The second-order valence-corrected chi connectivity index (χ2v) is 10.4. The topological polar surface area (TPSA) is 63.9 Å². The summed E-state index contributed by atoms with van der Waals surface area (Å²) in [5, 5.41) is 30.2. The highest BCUT2D eigenvalue weighted by atomic mass is 16.3. The van der Waals surface area contributed by atoms with Gasteiger partial charge in [0.2, 0.25) is 0 Å². The SMILES string of the molecule is CCCCCCCCCCC(O)CN(CCCCCO)CC(O)CCCCCCCCCC. The van der Waals surface area contributed by atoms with Gasteiger partial charge >= 0.3 is 0 Å². The number of aliphatic hydroxyl groups excluding tert-OH is 3. The average molecular weight is 472 g/mol. The van der Waals surface area contributed by atoms with E-state index in [1.54, 1.807) is 0 Å². The summed E-state index contributed by atoms with van der Waals surface area (Å²) in [4.78, 5) is 2.27. The van der Waals surface area contributed by atoms with Gasteiger partial charge in [0.15, 0.2) is 0 Å². The molecule has 0 amide bonds. The normalized spacial score (nSPS) is 13.6. The lowest BCUT2D eigenvalue weighted by Crippen LogP contribution is -2.38. The van der Waals surface area contributed by atoms with E-state index in [1.807, 2.05) is 0 Å². The standard InChI is InChI=1S/C29H61NO3/c1-3-5-7-9-11-13-15-18-22-28(32)26-30(24-20-17-21-25-31)27-29(33)23-19-16-14-12-10-8-6-4-2/h28-29,31-33H,3-27H2,1-2H3. The third kappa shape index (κ3) is 24.8. The molecule has 0 aliphatic heterocycles. The number of unbranched alkanes of at least 4 members (excludes halogenated alkanes) is 16. The number of hydrogen-bond acceptors (Lipinski definition) is 4. The quantitative estimate of drug-likeness (QED) is 0.111. The molecule has 33 heavy (non-hydrogen) atoms. The van der Waals surface area contributed by atoms with Gasteiger partial charge in [-0.15, -0.1) is 0 Å². The first-order chi connectivity index (χ1) is 16.1. The molecule has 0 saturated carbocycles. The van der Waals surface area contributed by atoms with Crippen molar-refractivity contribution in [2.75, 3.05) is 26.2 Å². The van der Waals surface area contributed by atoms with E-state index in [1.165, 1.54) is 89.9 Å². The van der Waals surface area contributed by atoms with Crippen molar-refractivity contribution in [2.45, 2.75) is 161 Å². The predicted molar refractivity (Wildman–Crippen MR) is 144 cm³/mol. The third-order valence-corrected chi connectivity index (χ3v) is 6.85. The molecule has 4 heteroatoms. The summed E-state index contributed by atoms with van der Waals surface area (Å²) in [7, 11) is 0. The lowest BCUT2D eigenvalue weighted by molar-refractivity contribution is 0.0594. The first kappa shape index (κ1) is 32.8. The molecule has 0 radical (unpaired) electrons. The Morgan fingerprint density at radius 3 is 1.24 bits per heavy atom. The molecular formula is C29H61NO3. The van der Waals surface area contributed by atoms with Crippen LogP contribution in [0.5, 0.6) is 0 Å². The van der Waals surface area contributed by atoms with E-state index in [2.05, 4.69) is 18.7 Å². The molecule has 0 aromatic carbocycles. The van der Waals surface area contributed by atoms with Gasteiger partial charge in [0, 0.05) is 19.7 Å². The van der Waals surface area contributed by atoms with Crippen molar-refractivity contribution in [1.29, 1.82) is 0 Å². The Kier molecular flexibility index (Phi) is 26.3. The number of nitrogens with zero attached hydrogens (tertiary/aromatic N) is 1. The van der Waals surface area contributed by atoms with E-state index in [0.717, 1.165) is 51.5 Å². The molecule has 3 N–H and O–H groups in total. The van der Waals surface area contributed by atoms with E-state index >= 15 is 0 Å². The highest BCUT2D eigenvalue weighted by Gasteiger charge is 2.15. The van der Waals surface area contributed by atoms with Crippen molar-refractivity contribution in [3.05, 3.63) is 0 Å². The minimum atomic E-state index is -0.293. The maximum Gasteiger partial charge on any atom is 0.0667 e. The van der Waals surface area contributed by atoms with Crippen LogP contribution in [0.15, 0.2) is 0 Å². The van der Waals surface area contributed by atoms with E-state index in [9.17, 15) is 10.2 Å². The molecule has 0 spiro atoms. The van der Waals surface area contributed by atoms with Crippen LogP contribution in [0.2, 0.25) is 0 Å². The van der Waals surface area contributed by atoms with E-state index in [0.29, 0.717) is 13.1 Å². The Morgan fingerprint density at radius 1 is 0.485 bits per heavy atom. The van der Waals surface area contributed by atoms with Gasteiger partial charge in [0.05, 0.1) is 12.2 Å². The monoisotopic (exact) mass is 471 g/mol. The van der Waals surface area contributed by atoms with Gasteiger partial charge in [-0.2, -0.15) is 0 Å². The first-order valence-electron chi connectivity index (χ1n) is 14.8. The average Bonchev–Trinajstić information content (AvgIpc) is 2.80. The van der Waals surface area contributed by atoms with Crippen LogP contribution < -0.4 is 0 Å². The molecule has 0 aliphatic rings. The van der Waals surface area contributed by atoms with Crippen LogP contribution in [0.25, 0.3) is 0 Å². The second kappa shape index (κ2) is 26.4. The molecule has 0 saturated heterocycles. The summed E-state index contributed by atoms with van der Waals surface area (Å²) in [6.45, 7) is 7.01. The van der Waals surface area contributed by atoms with E-state index in [-0.39, 0.29) is 18.8 Å². The third-order valence-electron chi connectivity index (χ3n) is 6.85. The number of rotatable bonds is 27. The molecule has 0 fully saturated rings. The lowest BCUT2D eigenvalue weighted by atomic mass is 10.0. The fourth-order valence-electron chi connectivity index (χ4n) is 4.69. The maximum absolute atomic E-state index is 10.6. The lowest BCUT2D eigenvalue weighted by Gasteiger charge is -2.27. The highest BCUT2D eigenvalue weighted by Crippen LogP contribution is 2.14. The zero-order chi connectivity index (χ0) is 24.4. The molecule has 0 aromatic rings. The molecule has 2 atom stereocenters. The zero-order valence-corrected chi connectivity index (χ0v) is 22.6. The fraction of sp³-hybridized carbons (Fsp3) is 1.00. The predicted octanol–water partition coefficient (Wildman–Crippen LogP) is 7.23. The van der Waals surface area contributed by atoms with Crippen LogP contribution in [-0.4, -0.2) is 58.7 Å². The highest BCUT2D eigenvalue weighted by molar-refractivity contribution is 4.70. The van der Waals surface area contributed by atoms with E-state index in [4.69, 9.17) is 5.11 Å². The van der Waals surface area contributed by atoms with Gasteiger partial charge in [-0.05, 0) is 38.6 Å². The van der Waals surface area contributed by atoms with E-state index < -0.39 is 0 Å². The van der Waals surface area contributed by atoms with Gasteiger partial charge in [-0.3, -0.25) is 4.90 Å². The molecule has 0 aliphatic carbocycles. The van der Waals surface area contributed by atoms with Gasteiger partial charge < -0.3 is 15.3 Å². The summed E-state index contributed by atoms with van der Waals surface area (Å²) < 4.78 is 0. The van der Waals surface area contributed by atoms with Crippen molar-refractivity contribution in [2.24, 2.45) is 0 Å². The number of aliphatic hydroxyl groups is 3. The Labute approximate surface area is 207 Å². The van der Waals surface area contributed by atoms with Crippen LogP contribution in [0.1, 0.15) is 149 Å². The largest absolute Gasteiger partial charge is 0.396 e. The maximum atomic E-state index is 10.6. The van der Waals surface area contributed by atoms with Gasteiger partial charge in [-0.1, -0.05) is 117 Å². The molecular weight excluding hydrogens is 410 g/mol. The van der Waals surface area contributed by atoms with Crippen LogP contribution in [0, 0.1) is 0 Å². The van der Waals surface area contributed by atoms with Crippen LogP contribution in [-0.2, 0) is 0 Å².